The van der Waals surface area contributed by atoms with Crippen LogP contribution < -0.4 is 0 Å². The standard InChI is InChI=1S/C19H25N3O/c1-17(23-15-7-11-20)8-2-4-13-22-14-5-3-10-19(22)18-9-6-12-21-16-18/h6,9,12,16-17,19H,3,5,7-8,10,13-15H2,1H3. The molecule has 1 aromatic rings. The number of nitrogens with zero attached hydrogens (tertiary/aromatic N) is 3. The average molecular weight is 311 g/mol. The number of aromatic nitrogens is 1. The van der Waals surface area contributed by atoms with E-state index in [2.05, 4.69) is 33.9 Å². The van der Waals surface area contributed by atoms with E-state index in [0.29, 0.717) is 19.1 Å². The van der Waals surface area contributed by atoms with Crippen molar-refractivity contribution in [2.45, 2.75) is 51.2 Å². The number of hydrogen-bond acceptors (Lipinski definition) is 4. The first-order valence-corrected chi connectivity index (χ1v) is 8.39. The van der Waals surface area contributed by atoms with Crippen LogP contribution in [0.1, 0.15) is 50.6 Å². The molecule has 0 saturated carbocycles. The van der Waals surface area contributed by atoms with E-state index in [-0.39, 0.29) is 6.10 Å². The van der Waals surface area contributed by atoms with Gasteiger partial charge in [-0.05, 0) is 37.9 Å². The minimum absolute atomic E-state index is 0.0892. The van der Waals surface area contributed by atoms with Gasteiger partial charge in [-0.25, -0.2) is 0 Å². The Morgan fingerprint density at radius 3 is 3.13 bits per heavy atom. The Kier molecular flexibility index (Phi) is 7.60. The highest BCUT2D eigenvalue weighted by molar-refractivity contribution is 5.16. The number of likely N-dealkylation sites (tertiary alicyclic amines) is 1. The predicted molar refractivity (Wildman–Crippen MR) is 90.4 cm³/mol. The van der Waals surface area contributed by atoms with Crippen LogP contribution in [0, 0.1) is 23.2 Å². The lowest BCUT2D eigenvalue weighted by Crippen LogP contribution is -2.33. The zero-order chi connectivity index (χ0) is 16.3. The molecular formula is C19H25N3O. The molecule has 122 valence electrons. The lowest BCUT2D eigenvalue weighted by molar-refractivity contribution is 0.0738. The van der Waals surface area contributed by atoms with Gasteiger partial charge in [0, 0.05) is 24.9 Å². The van der Waals surface area contributed by atoms with E-state index in [1.54, 1.807) is 0 Å². The smallest absolute Gasteiger partial charge is 0.0656 e. The van der Waals surface area contributed by atoms with Crippen LogP contribution in [0.3, 0.4) is 0 Å². The highest BCUT2D eigenvalue weighted by atomic mass is 16.5. The fourth-order valence-corrected chi connectivity index (χ4v) is 2.87. The summed E-state index contributed by atoms with van der Waals surface area (Å²) in [5.74, 6) is 6.50. The summed E-state index contributed by atoms with van der Waals surface area (Å²) in [7, 11) is 0. The van der Waals surface area contributed by atoms with Crippen LogP contribution in [-0.2, 0) is 4.74 Å². The number of nitriles is 1. The predicted octanol–water partition coefficient (Wildman–Crippen LogP) is 3.32. The van der Waals surface area contributed by atoms with Gasteiger partial charge in [0.15, 0.2) is 0 Å². The Labute approximate surface area is 139 Å². The fourth-order valence-electron chi connectivity index (χ4n) is 2.87. The summed E-state index contributed by atoms with van der Waals surface area (Å²) in [4.78, 5) is 6.70. The van der Waals surface area contributed by atoms with E-state index < -0.39 is 0 Å². The number of hydrogen-bond donors (Lipinski definition) is 0. The fraction of sp³-hybridized carbons (Fsp3) is 0.579. The summed E-state index contributed by atoms with van der Waals surface area (Å²) in [5, 5.41) is 8.49. The van der Waals surface area contributed by atoms with Crippen LogP contribution in [0.2, 0.25) is 0 Å². The number of ether oxygens (including phenoxy) is 1. The Hall–Kier alpha value is -1.88. The second kappa shape index (κ2) is 10.0. The molecule has 0 bridgehead atoms. The van der Waals surface area contributed by atoms with E-state index in [1.807, 2.05) is 25.4 Å². The molecule has 1 fully saturated rings. The van der Waals surface area contributed by atoms with Crippen molar-refractivity contribution in [2.24, 2.45) is 0 Å². The van der Waals surface area contributed by atoms with Gasteiger partial charge in [0.05, 0.1) is 31.7 Å². The molecule has 2 atom stereocenters. The lowest BCUT2D eigenvalue weighted by Gasteiger charge is -2.34. The minimum Gasteiger partial charge on any atom is -0.376 e. The summed E-state index contributed by atoms with van der Waals surface area (Å²) >= 11 is 0. The maximum atomic E-state index is 8.49. The van der Waals surface area contributed by atoms with Crippen LogP contribution in [0.5, 0.6) is 0 Å². The molecule has 1 aromatic heterocycles. The second-order valence-corrected chi connectivity index (χ2v) is 5.92. The van der Waals surface area contributed by atoms with Gasteiger partial charge in [0.1, 0.15) is 0 Å². The van der Waals surface area contributed by atoms with Crippen molar-refractivity contribution in [1.82, 2.24) is 9.88 Å². The van der Waals surface area contributed by atoms with Crippen molar-refractivity contribution in [3.8, 4) is 17.9 Å². The van der Waals surface area contributed by atoms with Gasteiger partial charge in [-0.15, -0.1) is 0 Å². The zero-order valence-corrected chi connectivity index (χ0v) is 13.9. The number of pyridine rings is 1. The summed E-state index contributed by atoms with van der Waals surface area (Å²) in [5.41, 5.74) is 1.29. The van der Waals surface area contributed by atoms with E-state index in [0.717, 1.165) is 19.5 Å². The van der Waals surface area contributed by atoms with Gasteiger partial charge < -0.3 is 4.74 Å². The number of piperidine rings is 1. The SMILES string of the molecule is CC(CC#CCN1CCCCC1c1cccnc1)OCCC#N. The lowest BCUT2D eigenvalue weighted by atomic mass is 9.96. The third kappa shape index (κ3) is 6.02. The molecule has 2 rings (SSSR count). The Morgan fingerprint density at radius 2 is 2.35 bits per heavy atom. The molecule has 1 saturated heterocycles. The van der Waals surface area contributed by atoms with Crippen molar-refractivity contribution in [3.05, 3.63) is 30.1 Å². The first-order valence-electron chi connectivity index (χ1n) is 8.39. The summed E-state index contributed by atoms with van der Waals surface area (Å²) in [6, 6.07) is 6.69. The molecule has 0 spiro atoms. The molecule has 23 heavy (non-hydrogen) atoms. The van der Waals surface area contributed by atoms with Crippen LogP contribution in [0.15, 0.2) is 24.5 Å². The van der Waals surface area contributed by atoms with Crippen LogP contribution in [0.25, 0.3) is 0 Å². The molecule has 0 aromatic carbocycles. The first-order chi connectivity index (χ1) is 11.3. The Balaban J connectivity index is 1.81. The Bertz CT molecular complexity index is 555. The van der Waals surface area contributed by atoms with Gasteiger partial charge in [-0.2, -0.15) is 5.26 Å². The van der Waals surface area contributed by atoms with Gasteiger partial charge in [0.2, 0.25) is 0 Å². The molecular weight excluding hydrogens is 286 g/mol. The molecule has 0 N–H and O–H groups in total. The van der Waals surface area contributed by atoms with E-state index in [9.17, 15) is 0 Å². The molecule has 0 radical (unpaired) electrons. The molecule has 4 nitrogen and oxygen atoms in total. The van der Waals surface area contributed by atoms with Gasteiger partial charge in [-0.1, -0.05) is 24.3 Å². The third-order valence-electron chi connectivity index (χ3n) is 4.10. The first kappa shape index (κ1) is 17.5. The molecule has 2 unspecified atom stereocenters. The number of rotatable bonds is 6. The highest BCUT2D eigenvalue weighted by Gasteiger charge is 2.22. The summed E-state index contributed by atoms with van der Waals surface area (Å²) < 4.78 is 5.52. The summed E-state index contributed by atoms with van der Waals surface area (Å²) in [6.45, 7) is 4.40. The quantitative estimate of drug-likeness (QED) is 0.597. The van der Waals surface area contributed by atoms with Crippen molar-refractivity contribution in [1.29, 1.82) is 5.26 Å². The largest absolute Gasteiger partial charge is 0.376 e. The van der Waals surface area contributed by atoms with Crippen molar-refractivity contribution < 1.29 is 4.74 Å². The van der Waals surface area contributed by atoms with Crippen LogP contribution >= 0.6 is 0 Å². The van der Waals surface area contributed by atoms with Crippen LogP contribution in [-0.4, -0.2) is 35.7 Å². The van der Waals surface area contributed by atoms with E-state index in [1.165, 1.54) is 24.8 Å². The third-order valence-corrected chi connectivity index (χ3v) is 4.10. The molecule has 1 aliphatic heterocycles. The van der Waals surface area contributed by atoms with E-state index >= 15 is 0 Å². The molecule has 0 aliphatic carbocycles. The van der Waals surface area contributed by atoms with Crippen molar-refractivity contribution in [2.75, 3.05) is 19.7 Å². The molecule has 0 amide bonds. The maximum absolute atomic E-state index is 8.49. The normalized spacial score (nSPS) is 19.4. The molecule has 2 heterocycles. The van der Waals surface area contributed by atoms with Gasteiger partial charge in [0.25, 0.3) is 0 Å². The maximum Gasteiger partial charge on any atom is 0.0656 e. The van der Waals surface area contributed by atoms with Gasteiger partial charge >= 0.3 is 0 Å². The molecule has 4 heteroatoms. The highest BCUT2D eigenvalue weighted by Crippen LogP contribution is 2.29. The Morgan fingerprint density at radius 1 is 1.43 bits per heavy atom. The topological polar surface area (TPSA) is 49.2 Å². The van der Waals surface area contributed by atoms with Crippen molar-refractivity contribution >= 4 is 0 Å². The average Bonchev–Trinajstić information content (AvgIpc) is 2.60. The zero-order valence-electron chi connectivity index (χ0n) is 13.9. The second-order valence-electron chi connectivity index (χ2n) is 5.92. The van der Waals surface area contributed by atoms with Gasteiger partial charge in [-0.3, -0.25) is 9.88 Å². The molecule has 1 aliphatic rings. The summed E-state index contributed by atoms with van der Waals surface area (Å²) in [6.07, 6.45) is 8.74. The van der Waals surface area contributed by atoms with Crippen LogP contribution in [0.4, 0.5) is 0 Å². The van der Waals surface area contributed by atoms with E-state index in [4.69, 9.17) is 10.00 Å². The van der Waals surface area contributed by atoms with Crippen molar-refractivity contribution in [3.63, 3.8) is 0 Å². The monoisotopic (exact) mass is 311 g/mol. The minimum atomic E-state index is 0.0892.